The third kappa shape index (κ3) is 10.1. The Labute approximate surface area is 189 Å². The van der Waals surface area contributed by atoms with Crippen molar-refractivity contribution in [1.29, 1.82) is 0 Å². The van der Waals surface area contributed by atoms with Crippen LogP contribution in [0.5, 0.6) is 0 Å². The van der Waals surface area contributed by atoms with Gasteiger partial charge in [-0.05, 0) is 45.3 Å². The van der Waals surface area contributed by atoms with Crippen molar-refractivity contribution in [2.24, 2.45) is 4.99 Å². The first-order chi connectivity index (χ1) is 13.2. The van der Waals surface area contributed by atoms with Gasteiger partial charge in [-0.2, -0.15) is 0 Å². The number of unbranched alkanes of at least 4 members (excludes halogenated alkanes) is 1. The van der Waals surface area contributed by atoms with E-state index in [2.05, 4.69) is 71.7 Å². The Balaban J connectivity index is 0.00000392. The van der Waals surface area contributed by atoms with E-state index in [-0.39, 0.29) is 24.0 Å². The zero-order valence-corrected chi connectivity index (χ0v) is 20.3. The molecule has 160 valence electrons. The number of hydrogen-bond acceptors (Lipinski definition) is 3. The number of guanidine groups is 1. The monoisotopic (exact) mass is 501 g/mol. The summed E-state index contributed by atoms with van der Waals surface area (Å²) >= 11 is 0. The summed E-state index contributed by atoms with van der Waals surface area (Å²) in [5.41, 5.74) is 1.41. The molecular formula is C22H40IN5. The summed E-state index contributed by atoms with van der Waals surface area (Å²) in [7, 11) is 2.19. The molecule has 1 aromatic carbocycles. The van der Waals surface area contributed by atoms with Crippen LogP contribution in [0.1, 0.15) is 45.1 Å². The van der Waals surface area contributed by atoms with Gasteiger partial charge in [0.2, 0.25) is 0 Å². The molecule has 0 amide bonds. The molecule has 1 saturated heterocycles. The van der Waals surface area contributed by atoms with Gasteiger partial charge in [-0.15, -0.1) is 24.0 Å². The second kappa shape index (κ2) is 15.0. The van der Waals surface area contributed by atoms with Gasteiger partial charge in [-0.1, -0.05) is 43.7 Å². The molecule has 0 radical (unpaired) electrons. The van der Waals surface area contributed by atoms with Crippen LogP contribution in [0.25, 0.3) is 0 Å². The van der Waals surface area contributed by atoms with Crippen molar-refractivity contribution in [2.45, 2.75) is 52.1 Å². The lowest BCUT2D eigenvalue weighted by atomic mass is 10.0. The van der Waals surface area contributed by atoms with E-state index in [9.17, 15) is 0 Å². The summed E-state index contributed by atoms with van der Waals surface area (Å²) in [6.45, 7) is 11.7. The third-order valence-electron chi connectivity index (χ3n) is 5.17. The molecule has 0 unspecified atom stereocenters. The summed E-state index contributed by atoms with van der Waals surface area (Å²) in [5, 5.41) is 7.06. The Bertz CT molecular complexity index is 529. The molecule has 0 aromatic heterocycles. The van der Waals surface area contributed by atoms with E-state index in [1.54, 1.807) is 0 Å². The van der Waals surface area contributed by atoms with Crippen molar-refractivity contribution >= 4 is 29.9 Å². The number of aliphatic imine (C=N–C) groups is 1. The highest BCUT2D eigenvalue weighted by Crippen LogP contribution is 2.13. The molecule has 28 heavy (non-hydrogen) atoms. The molecule has 0 bridgehead atoms. The summed E-state index contributed by atoms with van der Waals surface area (Å²) in [4.78, 5) is 9.71. The van der Waals surface area contributed by atoms with Crippen molar-refractivity contribution in [3.8, 4) is 0 Å². The SMILES string of the molecule is CCCCN(C)CCN=C(NCC)NC1CCN(Cc2ccccc2)CC1.I. The highest BCUT2D eigenvalue weighted by atomic mass is 127. The minimum absolute atomic E-state index is 0. The van der Waals surface area contributed by atoms with E-state index in [0.29, 0.717) is 6.04 Å². The fraction of sp³-hybridized carbons (Fsp3) is 0.682. The normalized spacial score (nSPS) is 16.1. The highest BCUT2D eigenvalue weighted by Gasteiger charge is 2.20. The molecule has 0 saturated carbocycles. The number of piperidine rings is 1. The Kier molecular flexibility index (Phi) is 13.5. The number of likely N-dealkylation sites (N-methyl/N-ethyl adjacent to an activating group) is 1. The van der Waals surface area contributed by atoms with Crippen LogP contribution in [0.2, 0.25) is 0 Å². The fourth-order valence-corrected chi connectivity index (χ4v) is 3.46. The first-order valence-corrected chi connectivity index (χ1v) is 10.7. The lowest BCUT2D eigenvalue weighted by molar-refractivity contribution is 0.198. The number of halogens is 1. The van der Waals surface area contributed by atoms with Crippen LogP contribution < -0.4 is 10.6 Å². The Morgan fingerprint density at radius 1 is 1.14 bits per heavy atom. The second-order valence-corrected chi connectivity index (χ2v) is 7.60. The zero-order valence-electron chi connectivity index (χ0n) is 18.0. The van der Waals surface area contributed by atoms with E-state index >= 15 is 0 Å². The average molecular weight is 502 g/mol. The van der Waals surface area contributed by atoms with Crippen LogP contribution >= 0.6 is 24.0 Å². The molecule has 0 atom stereocenters. The van der Waals surface area contributed by atoms with Crippen LogP contribution in [0.3, 0.4) is 0 Å². The molecule has 1 aromatic rings. The summed E-state index contributed by atoms with van der Waals surface area (Å²) in [5.74, 6) is 0.975. The van der Waals surface area contributed by atoms with Crippen molar-refractivity contribution in [3.05, 3.63) is 35.9 Å². The number of hydrogen-bond donors (Lipinski definition) is 2. The van der Waals surface area contributed by atoms with E-state index in [1.165, 1.54) is 31.2 Å². The van der Waals surface area contributed by atoms with E-state index in [4.69, 9.17) is 4.99 Å². The average Bonchev–Trinajstić information content (AvgIpc) is 2.69. The number of likely N-dealkylation sites (tertiary alicyclic amines) is 1. The van der Waals surface area contributed by atoms with Gasteiger partial charge < -0.3 is 15.5 Å². The van der Waals surface area contributed by atoms with Crippen LogP contribution in [-0.2, 0) is 6.54 Å². The molecule has 2 N–H and O–H groups in total. The van der Waals surface area contributed by atoms with Crippen molar-refractivity contribution in [3.63, 3.8) is 0 Å². The maximum atomic E-state index is 4.78. The van der Waals surface area contributed by atoms with Crippen LogP contribution in [0.15, 0.2) is 35.3 Å². The Morgan fingerprint density at radius 2 is 1.86 bits per heavy atom. The first-order valence-electron chi connectivity index (χ1n) is 10.7. The molecule has 2 rings (SSSR count). The lowest BCUT2D eigenvalue weighted by Gasteiger charge is -2.33. The van der Waals surface area contributed by atoms with Crippen LogP contribution in [-0.4, -0.2) is 68.1 Å². The molecule has 0 aliphatic carbocycles. The van der Waals surface area contributed by atoms with Gasteiger partial charge in [-0.25, -0.2) is 0 Å². The Hall–Kier alpha value is -0.860. The van der Waals surface area contributed by atoms with Gasteiger partial charge in [0.05, 0.1) is 6.54 Å². The fourth-order valence-electron chi connectivity index (χ4n) is 3.46. The minimum Gasteiger partial charge on any atom is -0.357 e. The van der Waals surface area contributed by atoms with E-state index in [1.807, 2.05) is 0 Å². The van der Waals surface area contributed by atoms with Gasteiger partial charge in [0, 0.05) is 38.8 Å². The van der Waals surface area contributed by atoms with E-state index in [0.717, 1.165) is 51.8 Å². The summed E-state index contributed by atoms with van der Waals surface area (Å²) in [6.07, 6.45) is 4.86. The highest BCUT2D eigenvalue weighted by molar-refractivity contribution is 14.0. The maximum absolute atomic E-state index is 4.78. The van der Waals surface area contributed by atoms with Gasteiger partial charge >= 0.3 is 0 Å². The van der Waals surface area contributed by atoms with Gasteiger partial charge in [0.25, 0.3) is 0 Å². The predicted molar refractivity (Wildman–Crippen MR) is 132 cm³/mol. The van der Waals surface area contributed by atoms with Gasteiger partial charge in [-0.3, -0.25) is 9.89 Å². The zero-order chi connectivity index (χ0) is 19.3. The quantitative estimate of drug-likeness (QED) is 0.293. The summed E-state index contributed by atoms with van der Waals surface area (Å²) < 4.78 is 0. The molecule has 1 aliphatic rings. The number of rotatable bonds is 10. The molecule has 1 heterocycles. The largest absolute Gasteiger partial charge is 0.357 e. The third-order valence-corrected chi connectivity index (χ3v) is 5.17. The number of nitrogens with one attached hydrogen (secondary N) is 2. The first kappa shape index (κ1) is 25.2. The summed E-state index contributed by atoms with van der Waals surface area (Å²) in [6, 6.07) is 11.3. The van der Waals surface area contributed by atoms with E-state index < -0.39 is 0 Å². The smallest absolute Gasteiger partial charge is 0.191 e. The topological polar surface area (TPSA) is 42.9 Å². The van der Waals surface area contributed by atoms with Crippen molar-refractivity contribution in [2.75, 3.05) is 46.3 Å². The van der Waals surface area contributed by atoms with Gasteiger partial charge in [0.1, 0.15) is 0 Å². The van der Waals surface area contributed by atoms with Crippen molar-refractivity contribution < 1.29 is 0 Å². The van der Waals surface area contributed by atoms with Crippen molar-refractivity contribution in [1.82, 2.24) is 20.4 Å². The van der Waals surface area contributed by atoms with Gasteiger partial charge in [0.15, 0.2) is 5.96 Å². The molecular weight excluding hydrogens is 461 g/mol. The Morgan fingerprint density at radius 3 is 2.50 bits per heavy atom. The second-order valence-electron chi connectivity index (χ2n) is 7.60. The van der Waals surface area contributed by atoms with Crippen LogP contribution in [0.4, 0.5) is 0 Å². The standard InChI is InChI=1S/C22H39N5.HI/c1-4-6-15-26(3)18-14-24-22(23-5-2)25-21-12-16-27(17-13-21)19-20-10-8-7-9-11-20;/h7-11,21H,4-6,12-19H2,1-3H3,(H2,23,24,25);1H. The number of benzene rings is 1. The minimum atomic E-state index is 0. The molecule has 1 fully saturated rings. The predicted octanol–water partition coefficient (Wildman–Crippen LogP) is 3.56. The van der Waals surface area contributed by atoms with Crippen LogP contribution in [0, 0.1) is 0 Å². The molecule has 5 nitrogen and oxygen atoms in total. The molecule has 0 spiro atoms. The maximum Gasteiger partial charge on any atom is 0.191 e. The number of nitrogens with zero attached hydrogens (tertiary/aromatic N) is 3. The lowest BCUT2D eigenvalue weighted by Crippen LogP contribution is -2.48. The molecule has 1 aliphatic heterocycles. The molecule has 6 heteroatoms.